The van der Waals surface area contributed by atoms with Crippen molar-refractivity contribution in [2.24, 2.45) is 0 Å². The van der Waals surface area contributed by atoms with Crippen molar-refractivity contribution in [1.29, 1.82) is 0 Å². The molecule has 6 aliphatic rings. The molecule has 0 bridgehead atoms. The normalized spacial score (nSPS) is 21.0. The highest BCUT2D eigenvalue weighted by molar-refractivity contribution is 6.12. The van der Waals surface area contributed by atoms with Crippen LogP contribution in [0.2, 0.25) is 0 Å². The molecular formula is C60H57N. The lowest BCUT2D eigenvalue weighted by Gasteiger charge is -2.33. The van der Waals surface area contributed by atoms with Crippen LogP contribution in [0.25, 0.3) is 33.4 Å². The Morgan fingerprint density at radius 1 is 0.246 bits per heavy atom. The SMILES string of the molecule is CC1(C)C2=C(c3ccccc31)C(C)(C)c1cc(N(c3ccc4c(c3)C(C)(C)C3=C4C(C)(C)c4ccccc43)c3ccc4c(c3)C(C)(C)C3=C4C(C)(C)c4ccccc43)ccc12. The average molecular weight is 792 g/mol. The Hall–Kier alpha value is -5.66. The van der Waals surface area contributed by atoms with Crippen molar-refractivity contribution in [2.45, 2.75) is 116 Å². The van der Waals surface area contributed by atoms with Gasteiger partial charge in [0.1, 0.15) is 0 Å². The number of rotatable bonds is 3. The fraction of sp³-hybridized carbons (Fsp3) is 0.300. The molecule has 0 N–H and O–H groups in total. The van der Waals surface area contributed by atoms with Crippen LogP contribution in [0, 0.1) is 0 Å². The minimum absolute atomic E-state index is 0.0631. The smallest absolute Gasteiger partial charge is 0.0465 e. The maximum absolute atomic E-state index is 2.58. The van der Waals surface area contributed by atoms with Gasteiger partial charge in [-0.25, -0.2) is 0 Å². The van der Waals surface area contributed by atoms with Gasteiger partial charge < -0.3 is 4.90 Å². The van der Waals surface area contributed by atoms with Crippen molar-refractivity contribution in [3.05, 3.63) is 194 Å². The Balaban J connectivity index is 1.05. The Kier molecular flexibility index (Phi) is 6.83. The monoisotopic (exact) mass is 791 g/mol. The predicted octanol–water partition coefficient (Wildman–Crippen LogP) is 15.6. The second-order valence-corrected chi connectivity index (χ2v) is 22.2. The van der Waals surface area contributed by atoms with E-state index in [1.807, 2.05) is 0 Å². The van der Waals surface area contributed by atoms with E-state index in [-0.39, 0.29) is 32.5 Å². The average Bonchev–Trinajstić information content (AvgIpc) is 3.95. The molecule has 0 spiro atoms. The summed E-state index contributed by atoms with van der Waals surface area (Å²) >= 11 is 0. The molecule has 1 nitrogen and oxygen atoms in total. The van der Waals surface area contributed by atoms with Crippen molar-refractivity contribution >= 4 is 50.5 Å². The van der Waals surface area contributed by atoms with Gasteiger partial charge in [0.15, 0.2) is 0 Å². The van der Waals surface area contributed by atoms with Gasteiger partial charge in [-0.05, 0) is 137 Å². The largest absolute Gasteiger partial charge is 0.310 e. The molecule has 0 aliphatic heterocycles. The van der Waals surface area contributed by atoms with Gasteiger partial charge in [0.25, 0.3) is 0 Å². The van der Waals surface area contributed by atoms with Gasteiger partial charge in [0.05, 0.1) is 0 Å². The third kappa shape index (κ3) is 4.29. The second kappa shape index (κ2) is 11.2. The summed E-state index contributed by atoms with van der Waals surface area (Å²) in [5.74, 6) is 0. The quantitative estimate of drug-likeness (QED) is 0.173. The molecule has 302 valence electrons. The van der Waals surface area contributed by atoms with Crippen LogP contribution >= 0.6 is 0 Å². The molecule has 1 heteroatoms. The molecule has 0 heterocycles. The van der Waals surface area contributed by atoms with Crippen LogP contribution in [0.15, 0.2) is 127 Å². The first-order chi connectivity index (χ1) is 28.8. The van der Waals surface area contributed by atoms with E-state index in [1.54, 1.807) is 0 Å². The van der Waals surface area contributed by atoms with Gasteiger partial charge in [-0.15, -0.1) is 0 Å². The molecule has 6 aromatic carbocycles. The first kappa shape index (κ1) is 37.1. The van der Waals surface area contributed by atoms with Crippen LogP contribution in [0.1, 0.15) is 150 Å². The summed E-state index contributed by atoms with van der Waals surface area (Å²) in [5, 5.41) is 0. The third-order valence-electron chi connectivity index (χ3n) is 16.7. The van der Waals surface area contributed by atoms with E-state index in [0.717, 1.165) is 0 Å². The maximum atomic E-state index is 2.58. The summed E-state index contributed by atoms with van der Waals surface area (Å²) in [6.07, 6.45) is 0. The van der Waals surface area contributed by atoms with E-state index < -0.39 is 0 Å². The molecule has 6 aliphatic carbocycles. The predicted molar refractivity (Wildman–Crippen MR) is 259 cm³/mol. The van der Waals surface area contributed by atoms with Crippen molar-refractivity contribution in [3.63, 3.8) is 0 Å². The van der Waals surface area contributed by atoms with E-state index in [4.69, 9.17) is 0 Å². The van der Waals surface area contributed by atoms with Crippen molar-refractivity contribution in [2.75, 3.05) is 4.90 Å². The molecule has 0 radical (unpaired) electrons. The van der Waals surface area contributed by atoms with Gasteiger partial charge in [-0.2, -0.15) is 0 Å². The Morgan fingerprint density at radius 2 is 0.459 bits per heavy atom. The van der Waals surface area contributed by atoms with Crippen molar-refractivity contribution in [1.82, 2.24) is 0 Å². The Morgan fingerprint density at radius 3 is 0.721 bits per heavy atom. The number of hydrogen-bond donors (Lipinski definition) is 0. The number of benzene rings is 6. The van der Waals surface area contributed by atoms with Crippen LogP contribution in [-0.4, -0.2) is 0 Å². The van der Waals surface area contributed by atoms with Gasteiger partial charge in [-0.1, -0.05) is 174 Å². The first-order valence-electron chi connectivity index (χ1n) is 22.6. The number of allylic oxidation sites excluding steroid dienone is 6. The molecule has 0 amide bonds. The molecule has 0 aromatic heterocycles. The highest BCUT2D eigenvalue weighted by Gasteiger charge is 2.53. The summed E-state index contributed by atoms with van der Waals surface area (Å²) in [4.78, 5) is 2.58. The molecular weight excluding hydrogens is 735 g/mol. The highest BCUT2D eigenvalue weighted by Crippen LogP contribution is 2.66. The number of hydrogen-bond acceptors (Lipinski definition) is 1. The van der Waals surface area contributed by atoms with Gasteiger partial charge in [-0.3, -0.25) is 0 Å². The first-order valence-corrected chi connectivity index (χ1v) is 22.6. The summed E-state index contributed by atoms with van der Waals surface area (Å²) in [5.41, 5.74) is 29.0. The molecule has 0 saturated heterocycles. The summed E-state index contributed by atoms with van der Waals surface area (Å²) < 4.78 is 0. The number of nitrogens with zero attached hydrogens (tertiary/aromatic N) is 1. The van der Waals surface area contributed by atoms with E-state index in [0.29, 0.717) is 0 Å². The molecule has 0 unspecified atom stereocenters. The fourth-order valence-electron chi connectivity index (χ4n) is 13.9. The fourth-order valence-corrected chi connectivity index (χ4v) is 13.9. The van der Waals surface area contributed by atoms with Crippen LogP contribution < -0.4 is 4.90 Å². The Labute approximate surface area is 363 Å². The van der Waals surface area contributed by atoms with E-state index in [2.05, 4.69) is 215 Å². The van der Waals surface area contributed by atoms with Crippen molar-refractivity contribution < 1.29 is 0 Å². The van der Waals surface area contributed by atoms with Crippen LogP contribution in [0.4, 0.5) is 17.1 Å². The number of anilines is 3. The minimum atomic E-state index is -0.149. The minimum Gasteiger partial charge on any atom is -0.310 e. The second-order valence-electron chi connectivity index (χ2n) is 22.2. The van der Waals surface area contributed by atoms with Crippen molar-refractivity contribution in [3.8, 4) is 0 Å². The van der Waals surface area contributed by atoms with Crippen LogP contribution in [0.5, 0.6) is 0 Å². The molecule has 61 heavy (non-hydrogen) atoms. The zero-order valence-electron chi connectivity index (χ0n) is 38.1. The molecule has 0 atom stereocenters. The lowest BCUT2D eigenvalue weighted by molar-refractivity contribution is 0.693. The summed E-state index contributed by atoms with van der Waals surface area (Å²) in [6, 6.07) is 49.6. The lowest BCUT2D eigenvalue weighted by Crippen LogP contribution is -2.22. The Bertz CT molecular complexity index is 2790. The van der Waals surface area contributed by atoms with Crippen LogP contribution in [0.3, 0.4) is 0 Å². The standard InChI is InChI=1S/C60H57N/c1-55(2)43-22-16-13-19-37(43)49-52(55)40-28-25-34(31-46(40)58(49,7)8)61(35-26-29-41-47(32-35)59(9,10)50-38-20-14-17-23-44(38)56(3,4)53(41)50)36-27-30-42-48(33-36)60(11,12)51-39-21-15-18-24-45(39)57(5,6)54(42)51/h13-33H,1-12H3. The molecule has 0 fully saturated rings. The third-order valence-corrected chi connectivity index (χ3v) is 16.7. The zero-order valence-corrected chi connectivity index (χ0v) is 38.1. The van der Waals surface area contributed by atoms with Gasteiger partial charge in [0.2, 0.25) is 0 Å². The molecule has 12 rings (SSSR count). The maximum Gasteiger partial charge on any atom is 0.0465 e. The zero-order chi connectivity index (χ0) is 42.6. The van der Waals surface area contributed by atoms with Gasteiger partial charge >= 0.3 is 0 Å². The summed E-state index contributed by atoms with van der Waals surface area (Å²) in [6.45, 7) is 29.3. The van der Waals surface area contributed by atoms with E-state index in [9.17, 15) is 0 Å². The topological polar surface area (TPSA) is 3.24 Å². The van der Waals surface area contributed by atoms with E-state index >= 15 is 0 Å². The molecule has 0 saturated carbocycles. The molecule has 6 aromatic rings. The van der Waals surface area contributed by atoms with Crippen LogP contribution in [-0.2, 0) is 32.5 Å². The summed E-state index contributed by atoms with van der Waals surface area (Å²) in [7, 11) is 0. The van der Waals surface area contributed by atoms with Gasteiger partial charge in [0, 0.05) is 49.6 Å². The number of fused-ring (bicyclic) bond motifs is 12. The lowest BCUT2D eigenvalue weighted by atomic mass is 9.75. The highest BCUT2D eigenvalue weighted by atomic mass is 15.1. The van der Waals surface area contributed by atoms with E-state index in [1.165, 1.54) is 117 Å².